The number of carbonyl (C=O) groups excluding carboxylic acids is 2. The van der Waals surface area contributed by atoms with Crippen molar-refractivity contribution in [2.75, 3.05) is 26.4 Å². The van der Waals surface area contributed by atoms with E-state index >= 15 is 0 Å². The minimum Gasteiger partial charge on any atom is -0.462 e. The molecule has 2 atom stereocenters. The Bertz CT molecular complexity index is 1150. The Balaban J connectivity index is 4.16. The zero-order valence-electron chi connectivity index (χ0n) is 35.3. The molecular formula is C46H80NO8P. The second-order valence-corrected chi connectivity index (χ2v) is 15.6. The molecule has 2 unspecified atom stereocenters. The van der Waals surface area contributed by atoms with Gasteiger partial charge in [-0.25, -0.2) is 4.57 Å². The van der Waals surface area contributed by atoms with E-state index in [0.717, 1.165) is 103 Å². The highest BCUT2D eigenvalue weighted by Crippen LogP contribution is 2.43. The second kappa shape index (κ2) is 42.1. The Morgan fingerprint density at radius 3 is 1.48 bits per heavy atom. The van der Waals surface area contributed by atoms with Crippen LogP contribution in [-0.2, 0) is 32.7 Å². The minimum atomic E-state index is -4.38. The lowest BCUT2D eigenvalue weighted by Crippen LogP contribution is -2.29. The molecule has 3 N–H and O–H groups in total. The average molecular weight is 806 g/mol. The van der Waals surface area contributed by atoms with Crippen LogP contribution in [0.2, 0.25) is 0 Å². The molecule has 0 aromatic carbocycles. The van der Waals surface area contributed by atoms with Crippen molar-refractivity contribution in [3.05, 3.63) is 72.9 Å². The maximum absolute atomic E-state index is 12.6. The molecule has 0 aliphatic rings. The number of phosphoric acid groups is 1. The summed E-state index contributed by atoms with van der Waals surface area (Å²) in [5, 5.41) is 0. The van der Waals surface area contributed by atoms with Crippen molar-refractivity contribution in [2.24, 2.45) is 5.73 Å². The Kier molecular flexibility index (Phi) is 40.2. The number of hydrogen-bond acceptors (Lipinski definition) is 8. The highest BCUT2D eigenvalue weighted by Gasteiger charge is 2.26. The van der Waals surface area contributed by atoms with Gasteiger partial charge in [-0.05, 0) is 83.5 Å². The third-order valence-corrected chi connectivity index (χ3v) is 9.81. The van der Waals surface area contributed by atoms with E-state index in [0.29, 0.717) is 6.42 Å². The van der Waals surface area contributed by atoms with Gasteiger partial charge in [0.05, 0.1) is 13.2 Å². The van der Waals surface area contributed by atoms with E-state index in [1.807, 2.05) is 0 Å². The van der Waals surface area contributed by atoms with Gasteiger partial charge < -0.3 is 20.1 Å². The second-order valence-electron chi connectivity index (χ2n) is 14.2. The largest absolute Gasteiger partial charge is 0.472 e. The molecule has 0 radical (unpaired) electrons. The first-order valence-electron chi connectivity index (χ1n) is 21.9. The molecule has 56 heavy (non-hydrogen) atoms. The van der Waals surface area contributed by atoms with Gasteiger partial charge in [0.2, 0.25) is 0 Å². The van der Waals surface area contributed by atoms with E-state index < -0.39 is 32.5 Å². The zero-order chi connectivity index (χ0) is 41.1. The van der Waals surface area contributed by atoms with Gasteiger partial charge in [0.15, 0.2) is 6.10 Å². The Labute approximate surface area is 341 Å². The lowest BCUT2D eigenvalue weighted by molar-refractivity contribution is -0.161. The van der Waals surface area contributed by atoms with Crippen LogP contribution in [0.15, 0.2) is 72.9 Å². The molecule has 0 aliphatic heterocycles. The van der Waals surface area contributed by atoms with Crippen LogP contribution in [0.25, 0.3) is 0 Å². The van der Waals surface area contributed by atoms with Crippen molar-refractivity contribution in [3.63, 3.8) is 0 Å². The molecule has 0 aromatic rings. The predicted molar refractivity (Wildman–Crippen MR) is 233 cm³/mol. The molecule has 10 heteroatoms. The quantitative estimate of drug-likeness (QED) is 0.0268. The van der Waals surface area contributed by atoms with E-state index in [-0.39, 0.29) is 32.6 Å². The fourth-order valence-electron chi connectivity index (χ4n) is 5.60. The van der Waals surface area contributed by atoms with Crippen molar-refractivity contribution < 1.29 is 37.6 Å². The number of ether oxygens (including phenoxy) is 2. The topological polar surface area (TPSA) is 134 Å². The number of phosphoric ester groups is 1. The first-order valence-corrected chi connectivity index (χ1v) is 23.4. The molecular weight excluding hydrogens is 725 g/mol. The fourth-order valence-corrected chi connectivity index (χ4v) is 6.36. The molecule has 322 valence electrons. The number of allylic oxidation sites excluding steroid dienone is 12. The first kappa shape index (κ1) is 53.5. The van der Waals surface area contributed by atoms with Gasteiger partial charge >= 0.3 is 19.8 Å². The molecule has 0 saturated heterocycles. The molecule has 0 spiro atoms. The van der Waals surface area contributed by atoms with E-state index in [9.17, 15) is 19.0 Å². The summed E-state index contributed by atoms with van der Waals surface area (Å²) in [4.78, 5) is 34.8. The van der Waals surface area contributed by atoms with Crippen molar-refractivity contribution in [3.8, 4) is 0 Å². The summed E-state index contributed by atoms with van der Waals surface area (Å²) in [6.45, 7) is 3.55. The van der Waals surface area contributed by atoms with Gasteiger partial charge in [0, 0.05) is 19.4 Å². The zero-order valence-corrected chi connectivity index (χ0v) is 36.2. The summed E-state index contributed by atoms with van der Waals surface area (Å²) >= 11 is 0. The Hall–Kier alpha value is -2.55. The number of hydrogen-bond donors (Lipinski definition) is 2. The van der Waals surface area contributed by atoms with Crippen LogP contribution in [0.3, 0.4) is 0 Å². The van der Waals surface area contributed by atoms with Gasteiger partial charge in [-0.2, -0.15) is 0 Å². The number of carbonyl (C=O) groups is 2. The average Bonchev–Trinajstić information content (AvgIpc) is 3.18. The van der Waals surface area contributed by atoms with Gasteiger partial charge in [0.25, 0.3) is 0 Å². The number of esters is 2. The van der Waals surface area contributed by atoms with E-state index in [1.165, 1.54) is 38.5 Å². The van der Waals surface area contributed by atoms with Crippen LogP contribution < -0.4 is 5.73 Å². The van der Waals surface area contributed by atoms with Crippen molar-refractivity contribution in [2.45, 2.75) is 180 Å². The highest BCUT2D eigenvalue weighted by molar-refractivity contribution is 7.47. The van der Waals surface area contributed by atoms with Crippen LogP contribution in [0.5, 0.6) is 0 Å². The highest BCUT2D eigenvalue weighted by atomic mass is 31.2. The lowest BCUT2D eigenvalue weighted by atomic mass is 10.1. The standard InChI is InChI=1S/C46H80NO8P/c1-3-5-7-9-11-13-15-17-18-19-20-21-22-23-24-25-26-27-29-31-33-35-37-39-46(49)55-44(43-54-56(50,51)53-41-40-47)42-52-45(48)38-36-34-32-30-28-16-14-12-10-8-6-4-2/h5,7,11-14,17-18,20-21,23-24,44H,3-4,6,8-10,15-16,19,22,25-43,47H2,1-2H3,(H,50,51)/b7-5-,13-11-,14-12-,18-17-,21-20-,24-23-. The van der Waals surface area contributed by atoms with Gasteiger partial charge in [0.1, 0.15) is 6.61 Å². The maximum Gasteiger partial charge on any atom is 0.472 e. The van der Waals surface area contributed by atoms with E-state index in [2.05, 4.69) is 86.8 Å². The van der Waals surface area contributed by atoms with E-state index in [4.69, 9.17) is 24.3 Å². The summed E-state index contributed by atoms with van der Waals surface area (Å²) < 4.78 is 32.7. The number of nitrogens with two attached hydrogens (primary N) is 1. The van der Waals surface area contributed by atoms with Crippen LogP contribution in [-0.4, -0.2) is 49.3 Å². The predicted octanol–water partition coefficient (Wildman–Crippen LogP) is 12.7. The molecule has 0 bridgehead atoms. The smallest absolute Gasteiger partial charge is 0.462 e. The third-order valence-electron chi connectivity index (χ3n) is 8.83. The molecule has 0 fully saturated rings. The normalized spacial score (nSPS) is 14.0. The van der Waals surface area contributed by atoms with Gasteiger partial charge in [-0.1, -0.05) is 151 Å². The monoisotopic (exact) mass is 806 g/mol. The first-order chi connectivity index (χ1) is 27.3. The molecule has 0 aromatic heterocycles. The third kappa shape index (κ3) is 41.1. The van der Waals surface area contributed by atoms with E-state index in [1.54, 1.807) is 0 Å². The Morgan fingerprint density at radius 2 is 0.982 bits per heavy atom. The van der Waals surface area contributed by atoms with Gasteiger partial charge in [-0.15, -0.1) is 0 Å². The lowest BCUT2D eigenvalue weighted by Gasteiger charge is -2.19. The van der Waals surface area contributed by atoms with Crippen molar-refractivity contribution in [1.82, 2.24) is 0 Å². The number of unbranched alkanes of at least 4 members (excludes halogenated alkanes) is 15. The van der Waals surface area contributed by atoms with Crippen LogP contribution in [0.1, 0.15) is 174 Å². The molecule has 0 heterocycles. The van der Waals surface area contributed by atoms with Crippen LogP contribution in [0.4, 0.5) is 0 Å². The SMILES string of the molecule is CC/C=C\C/C=C\C/C=C\C/C=C\C/C=C\CCCCCCCCCC(=O)OC(COC(=O)CCCCCCC/C=C\CCCCC)COP(=O)(O)OCCN. The summed E-state index contributed by atoms with van der Waals surface area (Å²) in [5.41, 5.74) is 5.34. The van der Waals surface area contributed by atoms with Crippen molar-refractivity contribution in [1.29, 1.82) is 0 Å². The van der Waals surface area contributed by atoms with Gasteiger partial charge in [-0.3, -0.25) is 18.6 Å². The molecule has 0 amide bonds. The molecule has 0 saturated carbocycles. The molecule has 9 nitrogen and oxygen atoms in total. The summed E-state index contributed by atoms with van der Waals surface area (Å²) in [6.07, 6.45) is 50.7. The minimum absolute atomic E-state index is 0.0468. The van der Waals surface area contributed by atoms with Crippen LogP contribution in [0, 0.1) is 0 Å². The molecule has 0 aliphatic carbocycles. The Morgan fingerprint density at radius 1 is 0.554 bits per heavy atom. The summed E-state index contributed by atoms with van der Waals surface area (Å²) in [6, 6.07) is 0. The van der Waals surface area contributed by atoms with Crippen molar-refractivity contribution >= 4 is 19.8 Å². The molecule has 0 rings (SSSR count). The fraction of sp³-hybridized carbons (Fsp3) is 0.696. The maximum atomic E-state index is 12.6. The number of rotatable bonds is 40. The van der Waals surface area contributed by atoms with Crippen LogP contribution >= 0.6 is 7.82 Å². The summed E-state index contributed by atoms with van der Waals surface area (Å²) in [5.74, 6) is -0.858. The summed E-state index contributed by atoms with van der Waals surface area (Å²) in [7, 11) is -4.38.